The summed E-state index contributed by atoms with van der Waals surface area (Å²) in [6.45, 7) is 0. The molecule has 0 saturated carbocycles. The first-order valence-electron chi connectivity index (χ1n) is 20.3. The minimum atomic E-state index is -0.505. The van der Waals surface area contributed by atoms with E-state index in [0.717, 1.165) is 55.5 Å². The predicted octanol–water partition coefficient (Wildman–Crippen LogP) is 15.4. The SMILES string of the molecule is c1ccc(C2(c3ccccc3)c3ccccc3-c3c(N(c4ccc(-c5cccc6c5oc5c7ccccc7ccc65)cc4)c4cccc5ccccc45)cccc32)cc1. The Balaban J connectivity index is 1.09. The third-order valence-corrected chi connectivity index (χ3v) is 12.5. The zero-order chi connectivity index (χ0) is 38.9. The van der Waals surface area contributed by atoms with Crippen molar-refractivity contribution in [2.75, 3.05) is 4.90 Å². The summed E-state index contributed by atoms with van der Waals surface area (Å²) in [6.07, 6.45) is 0. The molecule has 1 heterocycles. The zero-order valence-corrected chi connectivity index (χ0v) is 32.2. The molecular formula is C57H37NO. The number of hydrogen-bond acceptors (Lipinski definition) is 2. The van der Waals surface area contributed by atoms with Gasteiger partial charge < -0.3 is 9.32 Å². The van der Waals surface area contributed by atoms with Crippen LogP contribution in [0.3, 0.4) is 0 Å². The first kappa shape index (κ1) is 33.5. The smallest absolute Gasteiger partial charge is 0.143 e. The average Bonchev–Trinajstić information content (AvgIpc) is 3.85. The van der Waals surface area contributed by atoms with E-state index in [2.05, 4.69) is 229 Å². The second-order valence-corrected chi connectivity index (χ2v) is 15.6. The highest BCUT2D eigenvalue weighted by atomic mass is 16.3. The predicted molar refractivity (Wildman–Crippen MR) is 246 cm³/mol. The minimum absolute atomic E-state index is 0.505. The van der Waals surface area contributed by atoms with Gasteiger partial charge in [-0.3, -0.25) is 0 Å². The van der Waals surface area contributed by atoms with Crippen molar-refractivity contribution in [3.05, 3.63) is 247 Å². The Morgan fingerprint density at radius 3 is 1.66 bits per heavy atom. The summed E-state index contributed by atoms with van der Waals surface area (Å²) in [6, 6.07) is 81.7. The van der Waals surface area contributed by atoms with Gasteiger partial charge in [0.1, 0.15) is 11.2 Å². The molecule has 0 atom stereocenters. The average molecular weight is 752 g/mol. The van der Waals surface area contributed by atoms with Gasteiger partial charge in [0.15, 0.2) is 0 Å². The monoisotopic (exact) mass is 751 g/mol. The maximum absolute atomic E-state index is 6.78. The van der Waals surface area contributed by atoms with Crippen molar-refractivity contribution in [1.82, 2.24) is 0 Å². The number of fused-ring (bicyclic) bond motifs is 9. The lowest BCUT2D eigenvalue weighted by Crippen LogP contribution is -2.28. The van der Waals surface area contributed by atoms with Crippen molar-refractivity contribution in [1.29, 1.82) is 0 Å². The van der Waals surface area contributed by atoms with Crippen molar-refractivity contribution < 1.29 is 4.42 Å². The first-order valence-corrected chi connectivity index (χ1v) is 20.3. The molecule has 0 aliphatic heterocycles. The molecule has 0 radical (unpaired) electrons. The summed E-state index contributed by atoms with van der Waals surface area (Å²) in [5.74, 6) is 0. The van der Waals surface area contributed by atoms with Gasteiger partial charge in [0, 0.05) is 38.4 Å². The molecule has 59 heavy (non-hydrogen) atoms. The number of rotatable bonds is 6. The molecule has 11 aromatic rings. The van der Waals surface area contributed by atoms with Crippen LogP contribution in [-0.2, 0) is 5.41 Å². The van der Waals surface area contributed by atoms with E-state index in [4.69, 9.17) is 4.42 Å². The molecule has 0 fully saturated rings. The van der Waals surface area contributed by atoms with E-state index in [1.54, 1.807) is 0 Å². The van der Waals surface area contributed by atoms with E-state index in [1.807, 2.05) is 0 Å². The van der Waals surface area contributed by atoms with Crippen LogP contribution in [0.15, 0.2) is 229 Å². The Hall–Kier alpha value is -7.68. The lowest BCUT2D eigenvalue weighted by Gasteiger charge is -2.34. The number of para-hydroxylation sites is 1. The van der Waals surface area contributed by atoms with Crippen LogP contribution in [0.5, 0.6) is 0 Å². The van der Waals surface area contributed by atoms with Gasteiger partial charge in [-0.25, -0.2) is 0 Å². The number of hydrogen-bond donors (Lipinski definition) is 0. The highest BCUT2D eigenvalue weighted by Gasteiger charge is 2.47. The molecule has 12 rings (SSSR count). The van der Waals surface area contributed by atoms with Crippen molar-refractivity contribution >= 4 is 60.5 Å². The molecule has 1 aliphatic carbocycles. The molecule has 0 bridgehead atoms. The van der Waals surface area contributed by atoms with Crippen LogP contribution in [0.1, 0.15) is 22.3 Å². The molecule has 276 valence electrons. The molecule has 10 aromatic carbocycles. The van der Waals surface area contributed by atoms with Gasteiger partial charge in [-0.1, -0.05) is 194 Å². The summed E-state index contributed by atoms with van der Waals surface area (Å²) in [5, 5.41) is 6.97. The van der Waals surface area contributed by atoms with E-state index in [9.17, 15) is 0 Å². The third-order valence-electron chi connectivity index (χ3n) is 12.5. The summed E-state index contributed by atoms with van der Waals surface area (Å²) in [4.78, 5) is 2.47. The molecule has 0 unspecified atom stereocenters. The molecule has 1 aromatic heterocycles. The third kappa shape index (κ3) is 4.93. The Labute approximate surface area is 342 Å². The van der Waals surface area contributed by atoms with Crippen LogP contribution in [-0.4, -0.2) is 0 Å². The van der Waals surface area contributed by atoms with Crippen LogP contribution in [0.25, 0.3) is 65.7 Å². The van der Waals surface area contributed by atoms with Crippen LogP contribution in [0.2, 0.25) is 0 Å². The fraction of sp³-hybridized carbons (Fsp3) is 0.0175. The van der Waals surface area contributed by atoms with E-state index in [-0.39, 0.29) is 0 Å². The second kappa shape index (κ2) is 13.2. The van der Waals surface area contributed by atoms with Crippen LogP contribution < -0.4 is 4.90 Å². The molecule has 0 spiro atoms. The number of nitrogens with zero attached hydrogens (tertiary/aromatic N) is 1. The Morgan fingerprint density at radius 2 is 0.881 bits per heavy atom. The van der Waals surface area contributed by atoms with Gasteiger partial charge in [0.25, 0.3) is 0 Å². The van der Waals surface area contributed by atoms with Gasteiger partial charge in [-0.05, 0) is 74.5 Å². The number of furan rings is 1. The highest BCUT2D eigenvalue weighted by molar-refractivity contribution is 6.17. The summed E-state index contributed by atoms with van der Waals surface area (Å²) < 4.78 is 6.78. The summed E-state index contributed by atoms with van der Waals surface area (Å²) in [5.41, 5.74) is 14.4. The zero-order valence-electron chi connectivity index (χ0n) is 32.2. The molecule has 0 amide bonds. The molecule has 2 nitrogen and oxygen atoms in total. The molecule has 2 heteroatoms. The van der Waals surface area contributed by atoms with Gasteiger partial charge in [-0.2, -0.15) is 0 Å². The van der Waals surface area contributed by atoms with E-state index < -0.39 is 5.41 Å². The Bertz CT molecular complexity index is 3340. The van der Waals surface area contributed by atoms with Gasteiger partial charge in [-0.15, -0.1) is 0 Å². The molecule has 0 N–H and O–H groups in total. The lowest BCUT2D eigenvalue weighted by molar-refractivity contribution is 0.674. The Kier molecular flexibility index (Phi) is 7.48. The molecule has 1 aliphatic rings. The van der Waals surface area contributed by atoms with Crippen LogP contribution in [0, 0.1) is 0 Å². The minimum Gasteiger partial charge on any atom is -0.455 e. The number of benzene rings is 10. The maximum Gasteiger partial charge on any atom is 0.143 e. The van der Waals surface area contributed by atoms with E-state index in [0.29, 0.717) is 0 Å². The second-order valence-electron chi connectivity index (χ2n) is 15.6. The van der Waals surface area contributed by atoms with Crippen molar-refractivity contribution in [3.63, 3.8) is 0 Å². The van der Waals surface area contributed by atoms with E-state index in [1.165, 1.54) is 49.5 Å². The van der Waals surface area contributed by atoms with Crippen molar-refractivity contribution in [2.24, 2.45) is 0 Å². The topological polar surface area (TPSA) is 16.4 Å². The fourth-order valence-electron chi connectivity index (χ4n) is 10.0. The molecule has 0 saturated heterocycles. The normalized spacial score (nSPS) is 12.9. The Morgan fingerprint density at radius 1 is 0.339 bits per heavy atom. The lowest BCUT2D eigenvalue weighted by atomic mass is 9.68. The summed E-state index contributed by atoms with van der Waals surface area (Å²) in [7, 11) is 0. The fourth-order valence-corrected chi connectivity index (χ4v) is 10.0. The highest BCUT2D eigenvalue weighted by Crippen LogP contribution is 2.59. The van der Waals surface area contributed by atoms with E-state index >= 15 is 0 Å². The first-order chi connectivity index (χ1) is 29.3. The van der Waals surface area contributed by atoms with Crippen LogP contribution in [0.4, 0.5) is 17.1 Å². The van der Waals surface area contributed by atoms with Crippen molar-refractivity contribution in [2.45, 2.75) is 5.41 Å². The quantitative estimate of drug-likeness (QED) is 0.168. The standard InChI is InChI=1S/C57H37NO/c1-3-19-41(20-4-1)57(42-21-5-2-6-22-42)50-28-12-11-25-49(50)54-51(57)29-15-31-53(54)58(52-30-13-18-38-16-7-9-23-44(38)52)43-35-32-40(33-36-43)46-26-14-27-47-48-37-34-39-17-8-10-24-45(39)56(48)59-55(46)47/h1-37H. The summed E-state index contributed by atoms with van der Waals surface area (Å²) >= 11 is 0. The van der Waals surface area contributed by atoms with Gasteiger partial charge in [0.05, 0.1) is 16.8 Å². The molecular weight excluding hydrogens is 715 g/mol. The largest absolute Gasteiger partial charge is 0.455 e. The van der Waals surface area contributed by atoms with Gasteiger partial charge in [0.2, 0.25) is 0 Å². The van der Waals surface area contributed by atoms with Gasteiger partial charge >= 0.3 is 0 Å². The van der Waals surface area contributed by atoms with Crippen LogP contribution >= 0.6 is 0 Å². The van der Waals surface area contributed by atoms with Crippen molar-refractivity contribution in [3.8, 4) is 22.3 Å². The number of anilines is 3. The maximum atomic E-state index is 6.78.